The summed E-state index contributed by atoms with van der Waals surface area (Å²) < 4.78 is 5.28. The van der Waals surface area contributed by atoms with Crippen LogP contribution in [0.25, 0.3) is 0 Å². The minimum atomic E-state index is -0.558. The second kappa shape index (κ2) is 10.3. The van der Waals surface area contributed by atoms with Crippen LogP contribution in [0.3, 0.4) is 0 Å². The first-order valence-electron chi connectivity index (χ1n) is 10.4. The van der Waals surface area contributed by atoms with E-state index in [0.29, 0.717) is 19.4 Å². The van der Waals surface area contributed by atoms with E-state index in [4.69, 9.17) is 4.74 Å². The molecule has 0 radical (unpaired) electrons. The SMILES string of the molecule is CNC(=O)C(C)N(Cc1cccc(OC)c1)C(=O)CCc1ccc(C(C)(C)C)cc1. The average Bonchev–Trinajstić information content (AvgIpc) is 2.74. The zero-order chi connectivity index (χ0) is 22.3. The maximum Gasteiger partial charge on any atom is 0.242 e. The fourth-order valence-electron chi connectivity index (χ4n) is 3.33. The number of carbonyl (C=O) groups is 2. The molecule has 5 heteroatoms. The van der Waals surface area contributed by atoms with Crippen LogP contribution in [0.15, 0.2) is 48.5 Å². The normalized spacial score (nSPS) is 12.2. The van der Waals surface area contributed by atoms with E-state index in [-0.39, 0.29) is 17.2 Å². The standard InChI is InChI=1S/C25H34N2O3/c1-18(24(29)26-5)27(17-20-8-7-9-22(16-20)30-6)23(28)15-12-19-10-13-21(14-11-19)25(2,3)4/h7-11,13-14,16,18H,12,15,17H2,1-6H3,(H,26,29). The van der Waals surface area contributed by atoms with Crippen LogP contribution in [0, 0.1) is 0 Å². The minimum absolute atomic E-state index is 0.0474. The van der Waals surface area contributed by atoms with Gasteiger partial charge in [0.1, 0.15) is 11.8 Å². The van der Waals surface area contributed by atoms with Gasteiger partial charge in [-0.2, -0.15) is 0 Å². The number of likely N-dealkylation sites (N-methyl/N-ethyl adjacent to an activating group) is 1. The zero-order valence-corrected chi connectivity index (χ0v) is 19.0. The highest BCUT2D eigenvalue weighted by Gasteiger charge is 2.25. The van der Waals surface area contributed by atoms with Crippen molar-refractivity contribution in [1.82, 2.24) is 10.2 Å². The van der Waals surface area contributed by atoms with Crippen LogP contribution < -0.4 is 10.1 Å². The topological polar surface area (TPSA) is 58.6 Å². The van der Waals surface area contributed by atoms with E-state index in [1.807, 2.05) is 24.3 Å². The molecule has 1 atom stereocenters. The second-order valence-corrected chi connectivity index (χ2v) is 8.61. The molecule has 5 nitrogen and oxygen atoms in total. The monoisotopic (exact) mass is 410 g/mol. The van der Waals surface area contributed by atoms with Gasteiger partial charge in [-0.05, 0) is 47.6 Å². The number of carbonyl (C=O) groups excluding carboxylic acids is 2. The highest BCUT2D eigenvalue weighted by molar-refractivity contribution is 5.87. The largest absolute Gasteiger partial charge is 0.497 e. The summed E-state index contributed by atoms with van der Waals surface area (Å²) in [5, 5.41) is 2.65. The number of amides is 2. The number of nitrogens with zero attached hydrogens (tertiary/aromatic N) is 1. The Morgan fingerprint density at radius 1 is 1.07 bits per heavy atom. The van der Waals surface area contributed by atoms with Gasteiger partial charge in [-0.25, -0.2) is 0 Å². The molecule has 0 aromatic heterocycles. The Labute approximate surface area is 180 Å². The smallest absolute Gasteiger partial charge is 0.242 e. The number of hydrogen-bond acceptors (Lipinski definition) is 3. The molecule has 0 aliphatic heterocycles. The molecular formula is C25H34N2O3. The van der Waals surface area contributed by atoms with Crippen LogP contribution in [-0.2, 0) is 28.0 Å². The molecule has 2 aromatic rings. The molecule has 1 N–H and O–H groups in total. The zero-order valence-electron chi connectivity index (χ0n) is 19.0. The van der Waals surface area contributed by atoms with Gasteiger partial charge in [0, 0.05) is 20.0 Å². The van der Waals surface area contributed by atoms with Gasteiger partial charge in [0.2, 0.25) is 11.8 Å². The van der Waals surface area contributed by atoms with Gasteiger partial charge >= 0.3 is 0 Å². The van der Waals surface area contributed by atoms with Crippen LogP contribution in [0.5, 0.6) is 5.75 Å². The molecule has 0 heterocycles. The third-order valence-corrected chi connectivity index (χ3v) is 5.35. The summed E-state index contributed by atoms with van der Waals surface area (Å²) in [6.07, 6.45) is 0.985. The highest BCUT2D eigenvalue weighted by Crippen LogP contribution is 2.23. The molecule has 2 rings (SSSR count). The van der Waals surface area contributed by atoms with E-state index in [1.54, 1.807) is 26.0 Å². The molecule has 0 aliphatic carbocycles. The summed E-state index contributed by atoms with van der Waals surface area (Å²) in [4.78, 5) is 27.0. The van der Waals surface area contributed by atoms with Crippen LogP contribution in [-0.4, -0.2) is 36.9 Å². The lowest BCUT2D eigenvalue weighted by molar-refractivity contribution is -0.140. The summed E-state index contributed by atoms with van der Waals surface area (Å²) in [7, 11) is 3.20. The first-order valence-corrected chi connectivity index (χ1v) is 10.4. The van der Waals surface area contributed by atoms with E-state index in [2.05, 4.69) is 50.4 Å². The van der Waals surface area contributed by atoms with Gasteiger partial charge in [-0.15, -0.1) is 0 Å². The summed E-state index contributed by atoms with van der Waals surface area (Å²) >= 11 is 0. The number of ether oxygens (including phenoxy) is 1. The molecule has 0 spiro atoms. The number of nitrogens with one attached hydrogen (secondary N) is 1. The van der Waals surface area contributed by atoms with E-state index >= 15 is 0 Å². The van der Waals surface area contributed by atoms with E-state index < -0.39 is 6.04 Å². The second-order valence-electron chi connectivity index (χ2n) is 8.61. The van der Waals surface area contributed by atoms with Gasteiger partial charge in [-0.3, -0.25) is 9.59 Å². The maximum absolute atomic E-state index is 13.1. The van der Waals surface area contributed by atoms with Crippen molar-refractivity contribution < 1.29 is 14.3 Å². The first-order chi connectivity index (χ1) is 14.2. The third kappa shape index (κ3) is 6.34. The molecule has 2 amide bonds. The third-order valence-electron chi connectivity index (χ3n) is 5.35. The predicted molar refractivity (Wildman–Crippen MR) is 121 cm³/mol. The molecule has 1 unspecified atom stereocenters. The van der Waals surface area contributed by atoms with Crippen LogP contribution in [0.4, 0.5) is 0 Å². The Kier molecular flexibility index (Phi) is 8.04. The quantitative estimate of drug-likeness (QED) is 0.713. The van der Waals surface area contributed by atoms with E-state index in [0.717, 1.165) is 16.9 Å². The molecule has 0 aliphatic rings. The molecule has 0 saturated heterocycles. The van der Waals surface area contributed by atoms with Crippen LogP contribution >= 0.6 is 0 Å². The lowest BCUT2D eigenvalue weighted by atomic mass is 9.86. The lowest BCUT2D eigenvalue weighted by Gasteiger charge is -2.28. The fourth-order valence-corrected chi connectivity index (χ4v) is 3.33. The molecule has 0 fully saturated rings. The molecule has 162 valence electrons. The first kappa shape index (κ1) is 23.5. The molecule has 0 saturated carbocycles. The van der Waals surface area contributed by atoms with Crippen molar-refractivity contribution in [3.8, 4) is 5.75 Å². The van der Waals surface area contributed by atoms with Crippen molar-refractivity contribution in [2.45, 2.75) is 58.5 Å². The summed E-state index contributed by atoms with van der Waals surface area (Å²) in [6.45, 7) is 8.66. The summed E-state index contributed by atoms with van der Waals surface area (Å²) in [5.74, 6) is 0.501. The Morgan fingerprint density at radius 3 is 2.30 bits per heavy atom. The molecular weight excluding hydrogens is 376 g/mol. The van der Waals surface area contributed by atoms with Crippen molar-refractivity contribution >= 4 is 11.8 Å². The van der Waals surface area contributed by atoms with Crippen molar-refractivity contribution in [3.63, 3.8) is 0 Å². The predicted octanol–water partition coefficient (Wildman–Crippen LogP) is 4.09. The van der Waals surface area contributed by atoms with Crippen molar-refractivity contribution in [2.24, 2.45) is 0 Å². The summed E-state index contributed by atoms with van der Waals surface area (Å²) in [6, 6.07) is 15.4. The van der Waals surface area contributed by atoms with Gasteiger partial charge in [-0.1, -0.05) is 57.2 Å². The average molecular weight is 411 g/mol. The Bertz CT molecular complexity index is 853. The van der Waals surface area contributed by atoms with Crippen molar-refractivity contribution in [3.05, 3.63) is 65.2 Å². The van der Waals surface area contributed by atoms with Gasteiger partial charge in [0.15, 0.2) is 0 Å². The lowest BCUT2D eigenvalue weighted by Crippen LogP contribution is -2.46. The van der Waals surface area contributed by atoms with E-state index in [1.165, 1.54) is 5.56 Å². The Hall–Kier alpha value is -2.82. The Balaban J connectivity index is 2.12. The minimum Gasteiger partial charge on any atom is -0.497 e. The van der Waals surface area contributed by atoms with Crippen molar-refractivity contribution in [1.29, 1.82) is 0 Å². The molecule has 0 bridgehead atoms. The maximum atomic E-state index is 13.1. The van der Waals surface area contributed by atoms with Gasteiger partial charge in [0.25, 0.3) is 0 Å². The fraction of sp³-hybridized carbons (Fsp3) is 0.440. The highest BCUT2D eigenvalue weighted by atomic mass is 16.5. The number of aryl methyl sites for hydroxylation is 1. The summed E-state index contributed by atoms with van der Waals surface area (Å²) in [5.41, 5.74) is 3.41. The van der Waals surface area contributed by atoms with Gasteiger partial charge < -0.3 is 15.0 Å². The van der Waals surface area contributed by atoms with Crippen LogP contribution in [0.1, 0.15) is 50.8 Å². The number of rotatable bonds is 8. The van der Waals surface area contributed by atoms with Crippen LogP contribution in [0.2, 0.25) is 0 Å². The number of hydrogen-bond donors (Lipinski definition) is 1. The van der Waals surface area contributed by atoms with E-state index in [9.17, 15) is 9.59 Å². The number of benzene rings is 2. The molecule has 30 heavy (non-hydrogen) atoms. The van der Waals surface area contributed by atoms with Crippen molar-refractivity contribution in [2.75, 3.05) is 14.2 Å². The van der Waals surface area contributed by atoms with Gasteiger partial charge in [0.05, 0.1) is 7.11 Å². The number of methoxy groups -OCH3 is 1. The Morgan fingerprint density at radius 2 is 1.73 bits per heavy atom. The molecule has 2 aromatic carbocycles.